The van der Waals surface area contributed by atoms with E-state index < -0.39 is 5.91 Å². The third kappa shape index (κ3) is 4.75. The second-order valence-electron chi connectivity index (χ2n) is 5.68. The Morgan fingerprint density at radius 2 is 1.81 bits per heavy atom. The van der Waals surface area contributed by atoms with Gasteiger partial charge in [0.25, 0.3) is 5.56 Å². The predicted molar refractivity (Wildman–Crippen MR) is 109 cm³/mol. The van der Waals surface area contributed by atoms with Crippen LogP contribution in [0.4, 0.5) is 11.5 Å². The van der Waals surface area contributed by atoms with Crippen LogP contribution in [0.5, 0.6) is 0 Å². The largest absolute Gasteiger partial charge is 0.366 e. The van der Waals surface area contributed by atoms with Gasteiger partial charge in [0.1, 0.15) is 0 Å². The Balaban J connectivity index is 1.73. The summed E-state index contributed by atoms with van der Waals surface area (Å²) in [5.74, 6) is 0.276. The normalized spacial score (nSPS) is 10.6. The fraction of sp³-hybridized carbons (Fsp3) is 0.111. The fourth-order valence-electron chi connectivity index (χ4n) is 2.24. The average molecular weight is 446 g/mol. The maximum absolute atomic E-state index is 12.5. The minimum atomic E-state index is -0.510. The SMILES string of the molecule is Cn1c(SCc2ccc(Br)cc2)nnc(Nc2ccc(C(N)=O)cc2)c1=O. The van der Waals surface area contributed by atoms with Crippen LogP contribution in [0.1, 0.15) is 15.9 Å². The minimum Gasteiger partial charge on any atom is -0.366 e. The number of halogens is 1. The molecule has 0 atom stereocenters. The zero-order valence-electron chi connectivity index (χ0n) is 14.3. The second-order valence-corrected chi connectivity index (χ2v) is 7.54. The van der Waals surface area contributed by atoms with Gasteiger partial charge in [0, 0.05) is 28.5 Å². The summed E-state index contributed by atoms with van der Waals surface area (Å²) in [6.07, 6.45) is 0. The van der Waals surface area contributed by atoms with E-state index in [2.05, 4.69) is 31.4 Å². The lowest BCUT2D eigenvalue weighted by molar-refractivity contribution is 0.100. The van der Waals surface area contributed by atoms with E-state index in [1.807, 2.05) is 24.3 Å². The number of carbonyl (C=O) groups excluding carboxylic acids is 1. The van der Waals surface area contributed by atoms with Gasteiger partial charge in [-0.1, -0.05) is 39.8 Å². The van der Waals surface area contributed by atoms with Gasteiger partial charge in [-0.2, -0.15) is 0 Å². The van der Waals surface area contributed by atoms with Crippen molar-refractivity contribution in [2.24, 2.45) is 12.8 Å². The summed E-state index contributed by atoms with van der Waals surface area (Å²) in [5, 5.41) is 11.6. The van der Waals surface area contributed by atoms with Gasteiger partial charge >= 0.3 is 0 Å². The Kier molecular flexibility index (Phi) is 5.92. The number of thioether (sulfide) groups is 1. The number of rotatable bonds is 6. The number of nitrogens with one attached hydrogen (secondary N) is 1. The molecular formula is C18H16BrN5O2S. The molecule has 27 heavy (non-hydrogen) atoms. The number of anilines is 2. The van der Waals surface area contributed by atoms with Crippen molar-refractivity contribution in [3.05, 3.63) is 74.5 Å². The lowest BCUT2D eigenvalue weighted by atomic mass is 10.2. The zero-order chi connectivity index (χ0) is 19.4. The Hall–Kier alpha value is -2.65. The molecule has 9 heteroatoms. The molecule has 0 saturated heterocycles. The molecule has 0 aliphatic rings. The summed E-state index contributed by atoms with van der Waals surface area (Å²) < 4.78 is 2.47. The third-order valence-electron chi connectivity index (χ3n) is 3.74. The smallest absolute Gasteiger partial charge is 0.297 e. The molecule has 3 aromatic rings. The number of amides is 1. The van der Waals surface area contributed by atoms with Crippen molar-refractivity contribution >= 4 is 45.1 Å². The number of benzene rings is 2. The van der Waals surface area contributed by atoms with Crippen LogP contribution in [0.3, 0.4) is 0 Å². The molecule has 2 aromatic carbocycles. The first-order valence-electron chi connectivity index (χ1n) is 7.92. The monoisotopic (exact) mass is 445 g/mol. The van der Waals surface area contributed by atoms with E-state index in [4.69, 9.17) is 5.73 Å². The molecule has 1 heterocycles. The van der Waals surface area contributed by atoms with Gasteiger partial charge in [-0.3, -0.25) is 14.2 Å². The number of hydrogen-bond donors (Lipinski definition) is 2. The van der Waals surface area contributed by atoms with Crippen molar-refractivity contribution in [2.75, 3.05) is 5.32 Å². The first-order valence-corrected chi connectivity index (χ1v) is 9.70. The van der Waals surface area contributed by atoms with Crippen LogP contribution in [0.2, 0.25) is 0 Å². The average Bonchev–Trinajstić information content (AvgIpc) is 2.66. The van der Waals surface area contributed by atoms with Crippen LogP contribution in [0.25, 0.3) is 0 Å². The van der Waals surface area contributed by atoms with Crippen molar-refractivity contribution in [1.29, 1.82) is 0 Å². The van der Waals surface area contributed by atoms with Gasteiger partial charge in [0.05, 0.1) is 0 Å². The van der Waals surface area contributed by atoms with E-state index in [1.54, 1.807) is 31.3 Å². The molecule has 1 amide bonds. The Labute approximate surface area is 168 Å². The van der Waals surface area contributed by atoms with E-state index in [0.717, 1.165) is 10.0 Å². The third-order valence-corrected chi connectivity index (χ3v) is 5.36. The van der Waals surface area contributed by atoms with Crippen LogP contribution in [0.15, 0.2) is 63.0 Å². The molecule has 0 aliphatic carbocycles. The summed E-state index contributed by atoms with van der Waals surface area (Å²) >= 11 is 4.84. The lowest BCUT2D eigenvalue weighted by Crippen LogP contribution is -2.24. The summed E-state index contributed by atoms with van der Waals surface area (Å²) in [6.45, 7) is 0. The molecule has 0 saturated carbocycles. The van der Waals surface area contributed by atoms with Gasteiger partial charge in [-0.05, 0) is 42.0 Å². The van der Waals surface area contributed by atoms with Gasteiger partial charge in [0.15, 0.2) is 5.16 Å². The summed E-state index contributed by atoms with van der Waals surface area (Å²) in [6, 6.07) is 14.4. The Morgan fingerprint density at radius 3 is 2.44 bits per heavy atom. The first-order chi connectivity index (χ1) is 12.9. The number of nitrogens with zero attached hydrogens (tertiary/aromatic N) is 3. The maximum atomic E-state index is 12.5. The molecule has 7 nitrogen and oxygen atoms in total. The highest BCUT2D eigenvalue weighted by atomic mass is 79.9. The number of nitrogens with two attached hydrogens (primary N) is 1. The van der Waals surface area contributed by atoms with E-state index in [1.165, 1.54) is 16.3 Å². The minimum absolute atomic E-state index is 0.109. The summed E-state index contributed by atoms with van der Waals surface area (Å²) in [4.78, 5) is 23.6. The first kappa shape index (κ1) is 19.1. The topological polar surface area (TPSA) is 103 Å². The molecule has 0 fully saturated rings. The number of hydrogen-bond acceptors (Lipinski definition) is 6. The van der Waals surface area contributed by atoms with Crippen molar-refractivity contribution in [3.8, 4) is 0 Å². The predicted octanol–water partition coefficient (Wildman–Crippen LogP) is 3.07. The molecule has 3 rings (SSSR count). The van der Waals surface area contributed by atoms with Crippen LogP contribution in [-0.2, 0) is 12.8 Å². The highest BCUT2D eigenvalue weighted by molar-refractivity contribution is 9.10. The van der Waals surface area contributed by atoms with Crippen LogP contribution in [0, 0.1) is 0 Å². The van der Waals surface area contributed by atoms with Crippen LogP contribution < -0.4 is 16.6 Å². The molecule has 0 radical (unpaired) electrons. The summed E-state index contributed by atoms with van der Waals surface area (Å²) in [5.41, 5.74) is 7.05. The Bertz CT molecular complexity index is 1020. The molecule has 3 N–H and O–H groups in total. The number of primary amides is 1. The van der Waals surface area contributed by atoms with Gasteiger partial charge in [0.2, 0.25) is 11.7 Å². The van der Waals surface area contributed by atoms with E-state index >= 15 is 0 Å². The Morgan fingerprint density at radius 1 is 1.15 bits per heavy atom. The van der Waals surface area contributed by atoms with Crippen LogP contribution in [-0.4, -0.2) is 20.7 Å². The van der Waals surface area contributed by atoms with Crippen molar-refractivity contribution in [1.82, 2.24) is 14.8 Å². The van der Waals surface area contributed by atoms with E-state index in [-0.39, 0.29) is 11.4 Å². The molecule has 0 unspecified atom stereocenters. The molecule has 0 bridgehead atoms. The lowest BCUT2D eigenvalue weighted by Gasteiger charge is -2.09. The second kappa shape index (κ2) is 8.36. The van der Waals surface area contributed by atoms with E-state index in [0.29, 0.717) is 22.2 Å². The molecule has 1 aromatic heterocycles. The van der Waals surface area contributed by atoms with E-state index in [9.17, 15) is 9.59 Å². The standard InChI is InChI=1S/C18H16BrN5O2S/c1-24-17(26)16(21-14-8-4-12(5-9-14)15(20)25)22-23-18(24)27-10-11-2-6-13(19)7-3-11/h2-9H,10H2,1H3,(H2,20,25)(H,21,22). The number of aromatic nitrogens is 3. The molecule has 0 spiro atoms. The van der Waals surface area contributed by atoms with Crippen molar-refractivity contribution in [2.45, 2.75) is 10.9 Å². The molecule has 0 aliphatic heterocycles. The van der Waals surface area contributed by atoms with Gasteiger partial charge in [-0.25, -0.2) is 0 Å². The number of carbonyl (C=O) groups is 1. The van der Waals surface area contributed by atoms with Gasteiger partial charge < -0.3 is 11.1 Å². The maximum Gasteiger partial charge on any atom is 0.297 e. The summed E-state index contributed by atoms with van der Waals surface area (Å²) in [7, 11) is 1.66. The highest BCUT2D eigenvalue weighted by Crippen LogP contribution is 2.21. The quantitative estimate of drug-likeness (QED) is 0.565. The zero-order valence-corrected chi connectivity index (χ0v) is 16.8. The highest BCUT2D eigenvalue weighted by Gasteiger charge is 2.11. The molecule has 138 valence electrons. The molecular weight excluding hydrogens is 430 g/mol. The fourth-order valence-corrected chi connectivity index (χ4v) is 3.36. The van der Waals surface area contributed by atoms with Crippen molar-refractivity contribution in [3.63, 3.8) is 0 Å². The van der Waals surface area contributed by atoms with Crippen molar-refractivity contribution < 1.29 is 4.79 Å². The van der Waals surface area contributed by atoms with Gasteiger partial charge in [-0.15, -0.1) is 10.2 Å². The van der Waals surface area contributed by atoms with Crippen LogP contribution >= 0.6 is 27.7 Å².